The Kier molecular flexibility index (Phi) is 5.29. The average molecular weight is 256 g/mol. The summed E-state index contributed by atoms with van der Waals surface area (Å²) in [7, 11) is 0. The molecule has 0 saturated heterocycles. The van der Waals surface area contributed by atoms with E-state index in [1.807, 2.05) is 13.8 Å². The van der Waals surface area contributed by atoms with E-state index in [2.05, 4.69) is 5.32 Å². The molecule has 0 aliphatic heterocycles. The van der Waals surface area contributed by atoms with E-state index in [0.29, 0.717) is 23.2 Å². The van der Waals surface area contributed by atoms with Crippen molar-refractivity contribution in [3.05, 3.63) is 29.3 Å². The maximum atomic E-state index is 11.7. The molecule has 1 rings (SSSR count). The van der Waals surface area contributed by atoms with Crippen LogP contribution in [0.5, 0.6) is 5.75 Å². The summed E-state index contributed by atoms with van der Waals surface area (Å²) in [6.07, 6.45) is -0.521. The lowest BCUT2D eigenvalue weighted by molar-refractivity contribution is -0.127. The van der Waals surface area contributed by atoms with Crippen LogP contribution in [-0.2, 0) is 4.79 Å². The molecule has 0 aromatic heterocycles. The Labute approximate surface area is 107 Å². The molecule has 0 fully saturated rings. The first-order valence-corrected chi connectivity index (χ1v) is 6.06. The number of carbonyl (C=O) groups excluding carboxylic acids is 1. The maximum Gasteiger partial charge on any atom is 0.260 e. The number of ether oxygens (including phenoxy) is 1. The van der Waals surface area contributed by atoms with E-state index in [1.54, 1.807) is 31.2 Å². The molecular weight excluding hydrogens is 238 g/mol. The molecule has 3 nitrogen and oxygen atoms in total. The highest BCUT2D eigenvalue weighted by atomic mass is 35.5. The second-order valence-corrected chi connectivity index (χ2v) is 4.79. The smallest absolute Gasteiger partial charge is 0.260 e. The first kappa shape index (κ1) is 13.8. The Morgan fingerprint density at radius 2 is 2.12 bits per heavy atom. The summed E-state index contributed by atoms with van der Waals surface area (Å²) in [5, 5.41) is 3.41. The number of amides is 1. The molecule has 1 atom stereocenters. The van der Waals surface area contributed by atoms with Gasteiger partial charge in [-0.3, -0.25) is 4.79 Å². The zero-order chi connectivity index (χ0) is 12.8. The summed E-state index contributed by atoms with van der Waals surface area (Å²) in [4.78, 5) is 11.7. The second kappa shape index (κ2) is 6.50. The lowest BCUT2D eigenvalue weighted by Gasteiger charge is -2.15. The average Bonchev–Trinajstić information content (AvgIpc) is 2.25. The van der Waals surface area contributed by atoms with Crippen molar-refractivity contribution in [1.29, 1.82) is 0 Å². The highest BCUT2D eigenvalue weighted by Crippen LogP contribution is 2.18. The van der Waals surface area contributed by atoms with Crippen LogP contribution in [-0.4, -0.2) is 18.6 Å². The molecule has 0 unspecified atom stereocenters. The summed E-state index contributed by atoms with van der Waals surface area (Å²) in [6, 6.07) is 7.01. The van der Waals surface area contributed by atoms with Crippen molar-refractivity contribution >= 4 is 17.5 Å². The first-order valence-electron chi connectivity index (χ1n) is 5.69. The van der Waals surface area contributed by atoms with Gasteiger partial charge in [0.2, 0.25) is 0 Å². The molecule has 0 saturated carbocycles. The topological polar surface area (TPSA) is 38.3 Å². The van der Waals surface area contributed by atoms with Crippen LogP contribution in [0.15, 0.2) is 24.3 Å². The summed E-state index contributed by atoms with van der Waals surface area (Å²) in [6.45, 7) is 6.46. The van der Waals surface area contributed by atoms with E-state index in [0.717, 1.165) is 0 Å². The first-order chi connectivity index (χ1) is 7.99. The molecule has 1 amide bonds. The van der Waals surface area contributed by atoms with Crippen molar-refractivity contribution in [3.63, 3.8) is 0 Å². The number of nitrogens with one attached hydrogen (secondary N) is 1. The largest absolute Gasteiger partial charge is 0.481 e. The molecule has 0 bridgehead atoms. The second-order valence-electron chi connectivity index (χ2n) is 4.36. The third kappa shape index (κ3) is 5.09. The predicted molar refractivity (Wildman–Crippen MR) is 69.4 cm³/mol. The lowest BCUT2D eigenvalue weighted by Crippen LogP contribution is -2.38. The quantitative estimate of drug-likeness (QED) is 0.879. The molecule has 0 aliphatic rings. The molecule has 0 heterocycles. The monoisotopic (exact) mass is 255 g/mol. The predicted octanol–water partition coefficient (Wildman–Crippen LogP) is 2.88. The Bertz CT molecular complexity index is 379. The minimum absolute atomic E-state index is 0.112. The Balaban J connectivity index is 2.48. The van der Waals surface area contributed by atoms with Gasteiger partial charge in [-0.05, 0) is 31.0 Å². The lowest BCUT2D eigenvalue weighted by atomic mass is 10.2. The molecule has 1 aromatic rings. The van der Waals surface area contributed by atoms with Gasteiger partial charge in [-0.1, -0.05) is 31.5 Å². The van der Waals surface area contributed by atoms with Gasteiger partial charge in [0.05, 0.1) is 0 Å². The van der Waals surface area contributed by atoms with Gasteiger partial charge < -0.3 is 10.1 Å². The normalized spacial score (nSPS) is 12.3. The minimum atomic E-state index is -0.521. The van der Waals surface area contributed by atoms with Crippen LogP contribution in [0.1, 0.15) is 20.8 Å². The fraction of sp³-hybridized carbons (Fsp3) is 0.462. The minimum Gasteiger partial charge on any atom is -0.481 e. The van der Waals surface area contributed by atoms with Gasteiger partial charge in [0.25, 0.3) is 5.91 Å². The van der Waals surface area contributed by atoms with Gasteiger partial charge in [0.15, 0.2) is 6.10 Å². The molecule has 94 valence electrons. The SMILES string of the molecule is CC(C)CNC(=O)[C@@H](C)Oc1cccc(Cl)c1. The van der Waals surface area contributed by atoms with Crippen LogP contribution in [0.2, 0.25) is 5.02 Å². The summed E-state index contributed by atoms with van der Waals surface area (Å²) in [5.41, 5.74) is 0. The van der Waals surface area contributed by atoms with E-state index >= 15 is 0 Å². The number of rotatable bonds is 5. The van der Waals surface area contributed by atoms with Crippen molar-refractivity contribution in [3.8, 4) is 5.75 Å². The molecule has 17 heavy (non-hydrogen) atoms. The van der Waals surface area contributed by atoms with Gasteiger partial charge >= 0.3 is 0 Å². The van der Waals surface area contributed by atoms with Crippen molar-refractivity contribution in [2.24, 2.45) is 5.92 Å². The zero-order valence-corrected chi connectivity index (χ0v) is 11.1. The van der Waals surface area contributed by atoms with Crippen molar-refractivity contribution < 1.29 is 9.53 Å². The van der Waals surface area contributed by atoms with Crippen molar-refractivity contribution in [2.45, 2.75) is 26.9 Å². The van der Waals surface area contributed by atoms with Gasteiger partial charge in [-0.25, -0.2) is 0 Å². The van der Waals surface area contributed by atoms with Crippen LogP contribution < -0.4 is 10.1 Å². The van der Waals surface area contributed by atoms with Gasteiger partial charge in [0.1, 0.15) is 5.75 Å². The molecule has 1 aromatic carbocycles. The molecule has 0 aliphatic carbocycles. The summed E-state index contributed by atoms with van der Waals surface area (Å²) >= 11 is 5.83. The van der Waals surface area contributed by atoms with E-state index < -0.39 is 6.10 Å². The number of hydrogen-bond acceptors (Lipinski definition) is 2. The van der Waals surface area contributed by atoms with E-state index in [-0.39, 0.29) is 5.91 Å². The summed E-state index contributed by atoms with van der Waals surface area (Å²) < 4.78 is 5.49. The zero-order valence-electron chi connectivity index (χ0n) is 10.4. The third-order valence-electron chi connectivity index (χ3n) is 2.16. The van der Waals surface area contributed by atoms with Crippen LogP contribution in [0.25, 0.3) is 0 Å². The highest BCUT2D eigenvalue weighted by molar-refractivity contribution is 6.30. The Hall–Kier alpha value is -1.22. The standard InChI is InChI=1S/C13H18ClNO2/c1-9(2)8-15-13(16)10(3)17-12-6-4-5-11(14)7-12/h4-7,9-10H,8H2,1-3H3,(H,15,16)/t10-/m1/s1. The molecule has 4 heteroatoms. The van der Waals surface area contributed by atoms with Crippen LogP contribution >= 0.6 is 11.6 Å². The molecule has 0 spiro atoms. The highest BCUT2D eigenvalue weighted by Gasteiger charge is 2.14. The fourth-order valence-corrected chi connectivity index (χ4v) is 1.43. The fourth-order valence-electron chi connectivity index (χ4n) is 1.25. The van der Waals surface area contributed by atoms with E-state index in [4.69, 9.17) is 16.3 Å². The number of hydrogen-bond donors (Lipinski definition) is 1. The van der Waals surface area contributed by atoms with E-state index in [9.17, 15) is 4.79 Å². The van der Waals surface area contributed by atoms with Crippen molar-refractivity contribution in [2.75, 3.05) is 6.54 Å². The number of carbonyl (C=O) groups is 1. The Morgan fingerprint density at radius 1 is 1.41 bits per heavy atom. The van der Waals surface area contributed by atoms with Gasteiger partial charge in [-0.2, -0.15) is 0 Å². The van der Waals surface area contributed by atoms with Crippen molar-refractivity contribution in [1.82, 2.24) is 5.32 Å². The van der Waals surface area contributed by atoms with Crippen LogP contribution in [0.3, 0.4) is 0 Å². The number of halogens is 1. The van der Waals surface area contributed by atoms with E-state index in [1.165, 1.54) is 0 Å². The van der Waals surface area contributed by atoms with Gasteiger partial charge in [-0.15, -0.1) is 0 Å². The van der Waals surface area contributed by atoms with Gasteiger partial charge in [0, 0.05) is 11.6 Å². The molecule has 0 radical (unpaired) electrons. The molecular formula is C13H18ClNO2. The summed E-state index contributed by atoms with van der Waals surface area (Å²) in [5.74, 6) is 0.917. The Morgan fingerprint density at radius 3 is 2.71 bits per heavy atom. The third-order valence-corrected chi connectivity index (χ3v) is 2.40. The number of benzene rings is 1. The van der Waals surface area contributed by atoms with Crippen LogP contribution in [0.4, 0.5) is 0 Å². The molecule has 1 N–H and O–H groups in total. The maximum absolute atomic E-state index is 11.7. The van der Waals surface area contributed by atoms with Crippen LogP contribution in [0, 0.1) is 5.92 Å².